The highest BCUT2D eigenvalue weighted by Gasteiger charge is 2.54. The van der Waals surface area contributed by atoms with Crippen molar-refractivity contribution >= 4 is 12.3 Å². The van der Waals surface area contributed by atoms with Gasteiger partial charge in [0.1, 0.15) is 67.1 Å². The summed E-state index contributed by atoms with van der Waals surface area (Å²) in [5.41, 5.74) is 0. The van der Waals surface area contributed by atoms with E-state index in [0.29, 0.717) is 6.41 Å². The number of carbonyl (C=O) groups is 2. The number of nitrogens with one attached hydrogen (secondary N) is 2. The lowest BCUT2D eigenvalue weighted by molar-refractivity contribution is -0.377. The average molecular weight is 645 g/mol. The van der Waals surface area contributed by atoms with E-state index in [1.807, 2.05) is 0 Å². The van der Waals surface area contributed by atoms with Gasteiger partial charge in [-0.1, -0.05) is 0 Å². The molecule has 0 saturated carbocycles. The first-order chi connectivity index (χ1) is 20.8. The molecule has 0 radical (unpaired) electrons. The van der Waals surface area contributed by atoms with Crippen LogP contribution in [0.3, 0.4) is 0 Å². The van der Waals surface area contributed by atoms with Crippen molar-refractivity contribution in [3.8, 4) is 0 Å². The average Bonchev–Trinajstić information content (AvgIpc) is 2.97. The van der Waals surface area contributed by atoms with Crippen LogP contribution in [0.15, 0.2) is 0 Å². The molecule has 19 nitrogen and oxygen atoms in total. The fourth-order valence-electron chi connectivity index (χ4n) is 5.28. The summed E-state index contributed by atoms with van der Waals surface area (Å²) >= 11 is 0. The van der Waals surface area contributed by atoms with Crippen LogP contribution in [0.4, 0.5) is 0 Å². The Morgan fingerprint density at radius 3 is 1.82 bits per heavy atom. The Bertz CT molecular complexity index is 918. The second-order valence-corrected chi connectivity index (χ2v) is 10.9. The lowest BCUT2D eigenvalue weighted by Gasteiger charge is -2.49. The SMILES string of the molecule is CC(=O)N[C@H]1[C@@H](O[C@@H]2[C@H](O)[C@H](O[C@H]3[C@@H](O)[C@@H](CO)O[C@H](O[C@H](CO)[C@H](C)O)[C@@H]3O)O[C@H](CO)[C@H]2O)O[C@@H](C)[C@H](O)[C@H]1NC=O. The van der Waals surface area contributed by atoms with Crippen LogP contribution in [0, 0.1) is 0 Å². The molecule has 17 atom stereocenters. The Kier molecular flexibility index (Phi) is 13.6. The molecule has 0 aromatic carbocycles. The predicted octanol–water partition coefficient (Wildman–Crippen LogP) is -6.88. The number of carbonyl (C=O) groups excluding carboxylic acids is 2. The molecule has 19 heteroatoms. The van der Waals surface area contributed by atoms with E-state index in [1.165, 1.54) is 13.8 Å². The Balaban J connectivity index is 1.87. The van der Waals surface area contributed by atoms with Crippen LogP contribution in [0.1, 0.15) is 20.8 Å². The molecule has 3 rings (SSSR count). The van der Waals surface area contributed by atoms with Gasteiger partial charge in [0, 0.05) is 6.92 Å². The minimum atomic E-state index is -1.93. The first-order valence-electron chi connectivity index (χ1n) is 14.1. The summed E-state index contributed by atoms with van der Waals surface area (Å²) in [6.45, 7) is 1.63. The van der Waals surface area contributed by atoms with Gasteiger partial charge in [-0.05, 0) is 13.8 Å². The highest BCUT2D eigenvalue weighted by atomic mass is 16.8. The maximum Gasteiger partial charge on any atom is 0.217 e. The largest absolute Gasteiger partial charge is 0.394 e. The van der Waals surface area contributed by atoms with Crippen LogP contribution in [0.2, 0.25) is 0 Å². The molecule has 11 N–H and O–H groups in total. The van der Waals surface area contributed by atoms with Crippen molar-refractivity contribution < 1.29 is 84.0 Å². The molecule has 256 valence electrons. The molecular weight excluding hydrogens is 600 g/mol. The number of ether oxygens (including phenoxy) is 6. The van der Waals surface area contributed by atoms with Crippen molar-refractivity contribution in [1.29, 1.82) is 0 Å². The lowest BCUT2D eigenvalue weighted by Crippen LogP contribution is -2.70. The van der Waals surface area contributed by atoms with E-state index in [4.69, 9.17) is 28.4 Å². The number of rotatable bonds is 13. The van der Waals surface area contributed by atoms with Gasteiger partial charge in [-0.25, -0.2) is 0 Å². The quantitative estimate of drug-likeness (QED) is 0.0830. The molecule has 0 aliphatic carbocycles. The third-order valence-corrected chi connectivity index (χ3v) is 7.76. The second-order valence-electron chi connectivity index (χ2n) is 10.9. The van der Waals surface area contributed by atoms with Gasteiger partial charge in [0.15, 0.2) is 18.9 Å². The van der Waals surface area contributed by atoms with Gasteiger partial charge in [0.05, 0.1) is 38.1 Å². The second kappa shape index (κ2) is 16.3. The highest BCUT2D eigenvalue weighted by Crippen LogP contribution is 2.33. The van der Waals surface area contributed by atoms with E-state index in [2.05, 4.69) is 10.6 Å². The summed E-state index contributed by atoms with van der Waals surface area (Å²) in [5.74, 6) is -0.592. The van der Waals surface area contributed by atoms with Crippen molar-refractivity contribution in [2.45, 2.75) is 125 Å². The monoisotopic (exact) mass is 644 g/mol. The Labute approximate surface area is 252 Å². The van der Waals surface area contributed by atoms with Crippen molar-refractivity contribution in [3.05, 3.63) is 0 Å². The number of hydrogen-bond donors (Lipinski definition) is 11. The normalized spacial score (nSPS) is 44.4. The summed E-state index contributed by atoms with van der Waals surface area (Å²) in [4.78, 5) is 23.2. The van der Waals surface area contributed by atoms with Gasteiger partial charge in [-0.3, -0.25) is 9.59 Å². The van der Waals surface area contributed by atoms with Crippen LogP contribution in [0.5, 0.6) is 0 Å². The molecule has 0 bridgehead atoms. The molecule has 0 aromatic rings. The maximum absolute atomic E-state index is 11.9. The smallest absolute Gasteiger partial charge is 0.217 e. The summed E-state index contributed by atoms with van der Waals surface area (Å²) in [5, 5.41) is 98.2. The van der Waals surface area contributed by atoms with Crippen LogP contribution >= 0.6 is 0 Å². The molecule has 2 amide bonds. The Hall–Kier alpha value is -1.66. The van der Waals surface area contributed by atoms with Gasteiger partial charge in [0.2, 0.25) is 12.3 Å². The topological polar surface area (TPSA) is 296 Å². The van der Waals surface area contributed by atoms with E-state index in [9.17, 15) is 55.5 Å². The fraction of sp³-hybridized carbons (Fsp3) is 0.920. The van der Waals surface area contributed by atoms with Crippen molar-refractivity contribution in [2.75, 3.05) is 19.8 Å². The third-order valence-electron chi connectivity index (χ3n) is 7.76. The molecule has 3 aliphatic rings. The third kappa shape index (κ3) is 8.18. The minimum Gasteiger partial charge on any atom is -0.394 e. The summed E-state index contributed by atoms with van der Waals surface area (Å²) in [7, 11) is 0. The zero-order chi connectivity index (χ0) is 32.9. The molecule has 0 aromatic heterocycles. The number of aliphatic hydroxyl groups is 9. The molecule has 3 fully saturated rings. The Morgan fingerprint density at radius 2 is 1.34 bits per heavy atom. The number of hydrogen-bond acceptors (Lipinski definition) is 17. The van der Waals surface area contributed by atoms with E-state index < -0.39 is 130 Å². The molecule has 0 spiro atoms. The predicted molar refractivity (Wildman–Crippen MR) is 140 cm³/mol. The fourth-order valence-corrected chi connectivity index (χ4v) is 5.28. The van der Waals surface area contributed by atoms with Crippen molar-refractivity contribution in [3.63, 3.8) is 0 Å². The summed E-state index contributed by atoms with van der Waals surface area (Å²) < 4.78 is 33.6. The highest BCUT2D eigenvalue weighted by molar-refractivity contribution is 5.73. The van der Waals surface area contributed by atoms with Crippen LogP contribution in [0.25, 0.3) is 0 Å². The molecule has 3 saturated heterocycles. The van der Waals surface area contributed by atoms with Gasteiger partial charge in [0.25, 0.3) is 0 Å². The number of amides is 2. The zero-order valence-electron chi connectivity index (χ0n) is 24.3. The number of aliphatic hydroxyl groups excluding tert-OH is 9. The van der Waals surface area contributed by atoms with E-state index in [0.717, 1.165) is 6.92 Å². The van der Waals surface area contributed by atoms with Gasteiger partial charge < -0.3 is 85.0 Å². The van der Waals surface area contributed by atoms with Crippen LogP contribution in [-0.2, 0) is 38.0 Å². The molecule has 44 heavy (non-hydrogen) atoms. The minimum absolute atomic E-state index is 0.298. The molecule has 0 unspecified atom stereocenters. The van der Waals surface area contributed by atoms with Crippen molar-refractivity contribution in [2.24, 2.45) is 0 Å². The van der Waals surface area contributed by atoms with E-state index >= 15 is 0 Å². The van der Waals surface area contributed by atoms with Crippen molar-refractivity contribution in [1.82, 2.24) is 10.6 Å². The summed E-state index contributed by atoms with van der Waals surface area (Å²) in [6, 6.07) is -2.35. The van der Waals surface area contributed by atoms with E-state index in [-0.39, 0.29) is 0 Å². The van der Waals surface area contributed by atoms with Crippen LogP contribution in [-0.4, -0.2) is 182 Å². The summed E-state index contributed by atoms with van der Waals surface area (Å²) in [6.07, 6.45) is -22.9. The van der Waals surface area contributed by atoms with Gasteiger partial charge in [-0.15, -0.1) is 0 Å². The van der Waals surface area contributed by atoms with E-state index in [1.54, 1.807) is 0 Å². The van der Waals surface area contributed by atoms with Gasteiger partial charge in [-0.2, -0.15) is 0 Å². The van der Waals surface area contributed by atoms with Gasteiger partial charge >= 0.3 is 0 Å². The van der Waals surface area contributed by atoms with Crippen LogP contribution < -0.4 is 10.6 Å². The Morgan fingerprint density at radius 1 is 0.818 bits per heavy atom. The molecular formula is C25H44N2O17. The maximum atomic E-state index is 11.9. The molecule has 3 heterocycles. The molecule has 3 aliphatic heterocycles. The first-order valence-corrected chi connectivity index (χ1v) is 14.1. The first kappa shape index (κ1) is 36.8. The lowest BCUT2D eigenvalue weighted by atomic mass is 9.93. The standard InChI is InChI=1S/C25H44N2O17/c1-8(32)11(4-28)40-24-19(37)22(18(36)12(5-29)41-24)44-25-20(38)21(17(35)13(6-30)42-25)43-23-15(27-10(3)33)14(26-7-31)16(34)9(2)39-23/h7-9,11-25,28-30,32,34-38H,4-6H2,1-3H3,(H,26,31)(H,27,33)/t8-,9-,11+,12+,13+,14-,15+,16-,17+,18-,19+,20-,21-,22-,23+,24-,25-/m0/s1. The zero-order valence-corrected chi connectivity index (χ0v) is 24.3.